The van der Waals surface area contributed by atoms with Crippen molar-refractivity contribution in [3.05, 3.63) is 59.1 Å². The number of nitrogens with one attached hydrogen (secondary N) is 1. The molecule has 1 aliphatic heterocycles. The molecule has 140 valence electrons. The van der Waals surface area contributed by atoms with Gasteiger partial charge < -0.3 is 15.0 Å². The lowest BCUT2D eigenvalue weighted by molar-refractivity contribution is -0.134. The third-order valence-electron chi connectivity index (χ3n) is 4.35. The summed E-state index contributed by atoms with van der Waals surface area (Å²) in [6, 6.07) is 15.3. The van der Waals surface area contributed by atoms with Gasteiger partial charge in [0, 0.05) is 23.3 Å². The molecule has 26 heavy (non-hydrogen) atoms. The van der Waals surface area contributed by atoms with Gasteiger partial charge in [-0.1, -0.05) is 43.6 Å². The smallest absolute Gasteiger partial charge is 0.270 e. The Balaban J connectivity index is 0.00000243. The zero-order valence-electron chi connectivity index (χ0n) is 15.1. The molecule has 1 heterocycles. The fourth-order valence-electron chi connectivity index (χ4n) is 2.99. The molecular weight excluding hydrogens is 371 g/mol. The quantitative estimate of drug-likeness (QED) is 0.745. The number of halogens is 2. The first-order valence-electron chi connectivity index (χ1n) is 8.51. The highest BCUT2D eigenvalue weighted by Gasteiger charge is 2.50. The van der Waals surface area contributed by atoms with E-state index < -0.39 is 6.10 Å². The van der Waals surface area contributed by atoms with Gasteiger partial charge in [-0.15, -0.1) is 12.4 Å². The van der Waals surface area contributed by atoms with Gasteiger partial charge in [0.15, 0.2) is 6.10 Å². The molecule has 0 aliphatic carbocycles. The largest absolute Gasteiger partial charge is 0.478 e. The van der Waals surface area contributed by atoms with E-state index in [2.05, 4.69) is 19.2 Å². The number of aryl methyl sites for hydroxylation is 1. The summed E-state index contributed by atoms with van der Waals surface area (Å²) in [5.41, 5.74) is 2.02. The average Bonchev–Trinajstić information content (AvgIpc) is 2.59. The Morgan fingerprint density at radius 3 is 2.42 bits per heavy atom. The van der Waals surface area contributed by atoms with E-state index in [9.17, 15) is 4.79 Å². The number of carbonyl (C=O) groups is 1. The minimum absolute atomic E-state index is 0. The van der Waals surface area contributed by atoms with Crippen molar-refractivity contribution >= 4 is 35.6 Å². The predicted octanol–water partition coefficient (Wildman–Crippen LogP) is 4.23. The fraction of sp³-hybridized carbons (Fsp3) is 0.350. The van der Waals surface area contributed by atoms with Crippen LogP contribution >= 0.6 is 24.0 Å². The SMILES string of the molecule is Cc1ccccc1N1C(=O)C(Oc2ccc(Cl)cc2)C1CNC(C)C.Cl. The molecule has 2 aromatic rings. The number of hydrogen-bond donors (Lipinski definition) is 1. The van der Waals surface area contributed by atoms with Gasteiger partial charge in [-0.3, -0.25) is 4.79 Å². The molecule has 0 spiro atoms. The molecule has 1 saturated heterocycles. The van der Waals surface area contributed by atoms with Gasteiger partial charge in [0.05, 0.1) is 6.04 Å². The maximum atomic E-state index is 12.8. The van der Waals surface area contributed by atoms with Crippen LogP contribution < -0.4 is 15.0 Å². The molecule has 2 unspecified atom stereocenters. The van der Waals surface area contributed by atoms with Crippen molar-refractivity contribution in [1.29, 1.82) is 0 Å². The van der Waals surface area contributed by atoms with E-state index in [1.807, 2.05) is 36.1 Å². The second kappa shape index (κ2) is 8.76. The Hall–Kier alpha value is -1.75. The van der Waals surface area contributed by atoms with E-state index in [4.69, 9.17) is 16.3 Å². The highest BCUT2D eigenvalue weighted by molar-refractivity contribution is 6.30. The second-order valence-electron chi connectivity index (χ2n) is 6.62. The van der Waals surface area contributed by atoms with Crippen LogP contribution in [0.5, 0.6) is 5.75 Å². The summed E-state index contributed by atoms with van der Waals surface area (Å²) in [6.07, 6.45) is -0.493. The van der Waals surface area contributed by atoms with Gasteiger partial charge >= 0.3 is 0 Å². The average molecular weight is 395 g/mol. The molecular formula is C20H24Cl2N2O2. The zero-order chi connectivity index (χ0) is 18.0. The summed E-state index contributed by atoms with van der Waals surface area (Å²) in [4.78, 5) is 14.6. The standard InChI is InChI=1S/C20H23ClN2O2.ClH/c1-13(2)22-12-18-19(25-16-10-8-15(21)9-11-16)20(24)23(18)17-7-5-4-6-14(17)3;/h4-11,13,18-19,22H,12H2,1-3H3;1H. The van der Waals surface area contributed by atoms with Crippen LogP contribution in [0.15, 0.2) is 48.5 Å². The Kier molecular flexibility index (Phi) is 6.93. The monoisotopic (exact) mass is 394 g/mol. The van der Waals surface area contributed by atoms with Crippen LogP contribution in [0.25, 0.3) is 0 Å². The highest BCUT2D eigenvalue weighted by atomic mass is 35.5. The van der Waals surface area contributed by atoms with Crippen LogP contribution in [0, 0.1) is 6.92 Å². The first kappa shape index (κ1) is 20.6. The van der Waals surface area contributed by atoms with Crippen LogP contribution in [0.4, 0.5) is 5.69 Å². The number of ether oxygens (including phenoxy) is 1. The predicted molar refractivity (Wildman–Crippen MR) is 109 cm³/mol. The Labute approximate surface area is 165 Å². The van der Waals surface area contributed by atoms with Gasteiger partial charge in [0.25, 0.3) is 5.91 Å². The molecule has 1 aliphatic rings. The highest BCUT2D eigenvalue weighted by Crippen LogP contribution is 2.33. The van der Waals surface area contributed by atoms with Crippen LogP contribution in [0.3, 0.4) is 0 Å². The number of benzene rings is 2. The van der Waals surface area contributed by atoms with E-state index in [0.717, 1.165) is 11.3 Å². The van der Waals surface area contributed by atoms with Gasteiger partial charge in [0.2, 0.25) is 0 Å². The molecule has 1 fully saturated rings. The third-order valence-corrected chi connectivity index (χ3v) is 4.60. The molecule has 3 rings (SSSR count). The molecule has 2 aromatic carbocycles. The maximum Gasteiger partial charge on any atom is 0.270 e. The lowest BCUT2D eigenvalue weighted by Crippen LogP contribution is -2.70. The molecule has 0 saturated carbocycles. The molecule has 0 radical (unpaired) electrons. The first-order chi connectivity index (χ1) is 12.0. The lowest BCUT2D eigenvalue weighted by Gasteiger charge is -2.47. The summed E-state index contributed by atoms with van der Waals surface area (Å²) in [7, 11) is 0. The van der Waals surface area contributed by atoms with E-state index in [1.165, 1.54) is 0 Å². The molecule has 6 heteroatoms. The van der Waals surface area contributed by atoms with Crippen LogP contribution in [0.2, 0.25) is 5.02 Å². The van der Waals surface area contributed by atoms with Crippen molar-refractivity contribution in [3.8, 4) is 5.75 Å². The van der Waals surface area contributed by atoms with Gasteiger partial charge in [-0.2, -0.15) is 0 Å². The van der Waals surface area contributed by atoms with E-state index >= 15 is 0 Å². The van der Waals surface area contributed by atoms with Crippen molar-refractivity contribution in [2.24, 2.45) is 0 Å². The maximum absolute atomic E-state index is 12.8. The summed E-state index contributed by atoms with van der Waals surface area (Å²) in [6.45, 7) is 6.88. The third kappa shape index (κ3) is 4.32. The number of nitrogens with zero attached hydrogens (tertiary/aromatic N) is 1. The normalized spacial score (nSPS) is 19.1. The Bertz CT molecular complexity index is 750. The zero-order valence-corrected chi connectivity index (χ0v) is 16.7. The number of anilines is 1. The van der Waals surface area contributed by atoms with Crippen molar-refractivity contribution in [3.63, 3.8) is 0 Å². The number of amides is 1. The van der Waals surface area contributed by atoms with Gasteiger partial charge in [-0.25, -0.2) is 0 Å². The van der Waals surface area contributed by atoms with Crippen molar-refractivity contribution < 1.29 is 9.53 Å². The molecule has 4 nitrogen and oxygen atoms in total. The van der Waals surface area contributed by atoms with Crippen molar-refractivity contribution in [2.45, 2.75) is 39.0 Å². The van der Waals surface area contributed by atoms with E-state index in [-0.39, 0.29) is 24.4 Å². The van der Waals surface area contributed by atoms with E-state index in [0.29, 0.717) is 23.4 Å². The van der Waals surface area contributed by atoms with Gasteiger partial charge in [-0.05, 0) is 42.8 Å². The molecule has 0 aromatic heterocycles. The topological polar surface area (TPSA) is 41.6 Å². The summed E-state index contributed by atoms with van der Waals surface area (Å²) < 4.78 is 5.96. The molecule has 0 bridgehead atoms. The second-order valence-corrected chi connectivity index (χ2v) is 7.05. The summed E-state index contributed by atoms with van der Waals surface area (Å²) in [5, 5.41) is 4.06. The molecule has 1 N–H and O–H groups in total. The fourth-order valence-corrected chi connectivity index (χ4v) is 3.12. The number of rotatable bonds is 6. The van der Waals surface area contributed by atoms with E-state index in [1.54, 1.807) is 24.3 Å². The van der Waals surface area contributed by atoms with Crippen molar-refractivity contribution in [1.82, 2.24) is 5.32 Å². The van der Waals surface area contributed by atoms with Crippen LogP contribution in [0.1, 0.15) is 19.4 Å². The number of para-hydroxylation sites is 1. The summed E-state index contributed by atoms with van der Waals surface area (Å²) in [5.74, 6) is 0.640. The van der Waals surface area contributed by atoms with Gasteiger partial charge in [0.1, 0.15) is 5.75 Å². The molecule has 2 atom stereocenters. The van der Waals surface area contributed by atoms with Crippen LogP contribution in [-0.2, 0) is 4.79 Å². The Morgan fingerprint density at radius 1 is 1.15 bits per heavy atom. The van der Waals surface area contributed by atoms with Crippen LogP contribution in [-0.4, -0.2) is 30.6 Å². The number of hydrogen-bond acceptors (Lipinski definition) is 3. The first-order valence-corrected chi connectivity index (χ1v) is 8.89. The lowest BCUT2D eigenvalue weighted by atomic mass is 9.94. The van der Waals surface area contributed by atoms with Crippen molar-refractivity contribution in [2.75, 3.05) is 11.4 Å². The number of carbonyl (C=O) groups excluding carboxylic acids is 1. The number of β-lactam (4-membered cyclic amide) rings is 1. The summed E-state index contributed by atoms with van der Waals surface area (Å²) >= 11 is 5.92. The Morgan fingerprint density at radius 2 is 1.81 bits per heavy atom. The minimum atomic E-state index is -0.493. The minimum Gasteiger partial charge on any atom is -0.478 e. The molecule has 1 amide bonds.